The van der Waals surface area contributed by atoms with Crippen LogP contribution in [-0.4, -0.2) is 25.6 Å². The molecule has 0 aliphatic carbocycles. The smallest absolute Gasteiger partial charge is 0.363 e. The molecule has 2 aliphatic heterocycles. The first-order valence-corrected chi connectivity index (χ1v) is 8.65. The van der Waals surface area contributed by atoms with Gasteiger partial charge >= 0.3 is 5.97 Å². The van der Waals surface area contributed by atoms with E-state index in [4.69, 9.17) is 14.2 Å². The Morgan fingerprint density at radius 1 is 1.11 bits per heavy atom. The number of aryl methyl sites for hydroxylation is 2. The van der Waals surface area contributed by atoms with E-state index in [0.29, 0.717) is 12.5 Å². The summed E-state index contributed by atoms with van der Waals surface area (Å²) in [7, 11) is 1.62. The van der Waals surface area contributed by atoms with Crippen molar-refractivity contribution in [3.8, 4) is 11.5 Å². The minimum absolute atomic E-state index is 0.273. The second kappa shape index (κ2) is 6.76. The zero-order valence-electron chi connectivity index (χ0n) is 15.4. The Labute approximate surface area is 157 Å². The van der Waals surface area contributed by atoms with E-state index in [2.05, 4.69) is 4.99 Å². The van der Waals surface area contributed by atoms with Crippen molar-refractivity contribution in [3.05, 3.63) is 76.0 Å². The fourth-order valence-corrected chi connectivity index (χ4v) is 2.95. The van der Waals surface area contributed by atoms with Gasteiger partial charge < -0.3 is 14.2 Å². The van der Waals surface area contributed by atoms with E-state index in [1.807, 2.05) is 56.3 Å². The zero-order valence-corrected chi connectivity index (χ0v) is 15.4. The maximum Gasteiger partial charge on any atom is 0.363 e. The lowest BCUT2D eigenvalue weighted by atomic mass is 10.1. The van der Waals surface area contributed by atoms with E-state index in [1.165, 1.54) is 5.56 Å². The van der Waals surface area contributed by atoms with Gasteiger partial charge in [-0.1, -0.05) is 6.07 Å². The number of hydrogen-bond acceptors (Lipinski definition) is 5. The van der Waals surface area contributed by atoms with Gasteiger partial charge in [-0.15, -0.1) is 0 Å². The zero-order chi connectivity index (χ0) is 19.0. The highest BCUT2D eigenvalue weighted by atomic mass is 16.6. The highest BCUT2D eigenvalue weighted by molar-refractivity contribution is 6.11. The van der Waals surface area contributed by atoms with Crippen molar-refractivity contribution in [1.82, 2.24) is 0 Å². The summed E-state index contributed by atoms with van der Waals surface area (Å²) >= 11 is 0. The summed E-state index contributed by atoms with van der Waals surface area (Å²) < 4.78 is 16.3. The molecular formula is C22H19NO4. The van der Waals surface area contributed by atoms with Crippen molar-refractivity contribution >= 4 is 17.9 Å². The molecule has 0 amide bonds. The average Bonchev–Trinajstić information content (AvgIpc) is 3.04. The van der Waals surface area contributed by atoms with Crippen LogP contribution in [0.4, 0.5) is 0 Å². The molecule has 0 saturated heterocycles. The van der Waals surface area contributed by atoms with E-state index < -0.39 is 5.97 Å². The molecule has 0 bridgehead atoms. The van der Waals surface area contributed by atoms with Crippen molar-refractivity contribution in [2.24, 2.45) is 4.99 Å². The summed E-state index contributed by atoms with van der Waals surface area (Å²) in [6.07, 6.45) is 3.69. The Bertz CT molecular complexity index is 1030. The van der Waals surface area contributed by atoms with Crippen LogP contribution >= 0.6 is 0 Å². The predicted molar refractivity (Wildman–Crippen MR) is 103 cm³/mol. The molecule has 27 heavy (non-hydrogen) atoms. The van der Waals surface area contributed by atoms with Crippen molar-refractivity contribution in [2.45, 2.75) is 13.8 Å². The minimum Gasteiger partial charge on any atom is -0.497 e. The van der Waals surface area contributed by atoms with Crippen LogP contribution < -0.4 is 9.47 Å². The number of cyclic esters (lactones) is 1. The molecule has 0 saturated carbocycles. The van der Waals surface area contributed by atoms with Crippen molar-refractivity contribution in [2.75, 3.05) is 13.7 Å². The number of benzene rings is 2. The van der Waals surface area contributed by atoms with E-state index in [-0.39, 0.29) is 5.70 Å². The van der Waals surface area contributed by atoms with Gasteiger partial charge in [0.05, 0.1) is 7.11 Å². The summed E-state index contributed by atoms with van der Waals surface area (Å²) in [5.74, 6) is 1.37. The number of hydrogen-bond donors (Lipinski definition) is 0. The van der Waals surface area contributed by atoms with Gasteiger partial charge in [-0.3, -0.25) is 0 Å². The maximum absolute atomic E-state index is 12.2. The Morgan fingerprint density at radius 2 is 1.96 bits per heavy atom. The van der Waals surface area contributed by atoms with Gasteiger partial charge in [-0.2, -0.15) is 0 Å². The molecule has 0 fully saturated rings. The van der Waals surface area contributed by atoms with Gasteiger partial charge in [0, 0.05) is 17.2 Å². The fraction of sp³-hybridized carbons (Fsp3) is 0.182. The highest BCUT2D eigenvalue weighted by Crippen LogP contribution is 2.31. The van der Waals surface area contributed by atoms with Crippen LogP contribution in [0.3, 0.4) is 0 Å². The molecule has 2 aromatic rings. The van der Waals surface area contributed by atoms with Crippen molar-refractivity contribution in [3.63, 3.8) is 0 Å². The maximum atomic E-state index is 12.2. The first-order valence-electron chi connectivity index (χ1n) is 8.65. The summed E-state index contributed by atoms with van der Waals surface area (Å²) in [6, 6.07) is 11.5. The number of fused-ring (bicyclic) bond motifs is 1. The van der Waals surface area contributed by atoms with Crippen molar-refractivity contribution in [1.29, 1.82) is 0 Å². The van der Waals surface area contributed by atoms with Gasteiger partial charge in [0.1, 0.15) is 18.1 Å². The monoisotopic (exact) mass is 361 g/mol. The number of ether oxygens (including phenoxy) is 3. The highest BCUT2D eigenvalue weighted by Gasteiger charge is 2.25. The Balaban J connectivity index is 1.63. The molecule has 5 nitrogen and oxygen atoms in total. The lowest BCUT2D eigenvalue weighted by Crippen LogP contribution is -2.08. The molecule has 5 heteroatoms. The summed E-state index contributed by atoms with van der Waals surface area (Å²) in [5.41, 5.74) is 5.15. The van der Waals surface area contributed by atoms with Crippen LogP contribution in [-0.2, 0) is 9.53 Å². The summed E-state index contributed by atoms with van der Waals surface area (Å²) in [5, 5.41) is 0. The lowest BCUT2D eigenvalue weighted by molar-refractivity contribution is -0.130. The standard InChI is InChI=1S/C22H19NO4/c1-13-4-5-17(8-14(13)2)21-23-19(22(24)27-21)10-15-9-16-6-7-18(25-3)11-20(16)26-12-15/h4-11H,12H2,1-3H3. The van der Waals surface area contributed by atoms with Gasteiger partial charge in [-0.05, 0) is 67.0 Å². The molecule has 2 aliphatic rings. The van der Waals surface area contributed by atoms with Gasteiger partial charge in [0.25, 0.3) is 0 Å². The first-order chi connectivity index (χ1) is 13.0. The molecule has 136 valence electrons. The third-order valence-corrected chi connectivity index (χ3v) is 4.65. The number of esters is 1. The molecule has 0 N–H and O–H groups in total. The molecular weight excluding hydrogens is 342 g/mol. The Morgan fingerprint density at radius 3 is 2.74 bits per heavy atom. The third kappa shape index (κ3) is 3.36. The van der Waals surface area contributed by atoms with Crippen LogP contribution in [0, 0.1) is 13.8 Å². The first kappa shape index (κ1) is 17.1. The van der Waals surface area contributed by atoms with Crippen LogP contribution in [0.2, 0.25) is 0 Å². The average molecular weight is 361 g/mol. The second-order valence-corrected chi connectivity index (χ2v) is 6.55. The van der Waals surface area contributed by atoms with E-state index >= 15 is 0 Å². The number of rotatable bonds is 3. The van der Waals surface area contributed by atoms with Crippen molar-refractivity contribution < 1.29 is 19.0 Å². The largest absolute Gasteiger partial charge is 0.497 e. The summed E-state index contributed by atoms with van der Waals surface area (Å²) in [4.78, 5) is 16.6. The fourth-order valence-electron chi connectivity index (χ4n) is 2.95. The van der Waals surface area contributed by atoms with Gasteiger partial charge in [0.2, 0.25) is 5.90 Å². The molecule has 2 aromatic carbocycles. The minimum atomic E-state index is -0.454. The number of carbonyl (C=O) groups is 1. The lowest BCUT2D eigenvalue weighted by Gasteiger charge is -2.16. The van der Waals surface area contributed by atoms with Gasteiger partial charge in [0.15, 0.2) is 5.70 Å². The predicted octanol–water partition coefficient (Wildman–Crippen LogP) is 3.98. The van der Waals surface area contributed by atoms with Crippen LogP contribution in [0.15, 0.2) is 58.7 Å². The van der Waals surface area contributed by atoms with Crippen LogP contribution in [0.25, 0.3) is 6.08 Å². The van der Waals surface area contributed by atoms with E-state index in [1.54, 1.807) is 13.2 Å². The van der Waals surface area contributed by atoms with Crippen LogP contribution in [0.5, 0.6) is 11.5 Å². The third-order valence-electron chi connectivity index (χ3n) is 4.65. The molecule has 0 radical (unpaired) electrons. The number of carbonyl (C=O) groups excluding carboxylic acids is 1. The van der Waals surface area contributed by atoms with Crippen LogP contribution in [0.1, 0.15) is 22.3 Å². The molecule has 2 heterocycles. The summed E-state index contributed by atoms with van der Waals surface area (Å²) in [6.45, 7) is 4.41. The quantitative estimate of drug-likeness (QED) is 0.613. The SMILES string of the molecule is COc1ccc2c(c1)OCC(C=C1N=C(c3ccc(C)c(C)c3)OC1=O)=C2. The molecule has 0 unspecified atom stereocenters. The second-order valence-electron chi connectivity index (χ2n) is 6.55. The van der Waals surface area contributed by atoms with E-state index in [9.17, 15) is 4.79 Å². The number of nitrogens with zero attached hydrogens (tertiary/aromatic N) is 1. The molecule has 4 rings (SSSR count). The Kier molecular flexibility index (Phi) is 4.28. The molecule has 0 aromatic heterocycles. The topological polar surface area (TPSA) is 57.1 Å². The van der Waals surface area contributed by atoms with E-state index in [0.717, 1.165) is 33.8 Å². The Hall–Kier alpha value is -3.34. The number of methoxy groups -OCH3 is 1. The number of aliphatic imine (C=N–C) groups is 1. The molecule has 0 spiro atoms. The van der Waals surface area contributed by atoms with Gasteiger partial charge in [-0.25, -0.2) is 9.79 Å². The molecule has 0 atom stereocenters. The normalized spacial score (nSPS) is 17.0.